The van der Waals surface area contributed by atoms with Crippen LogP contribution in [0.4, 0.5) is 0 Å². The first kappa shape index (κ1) is 21.1. The molecule has 3 heteroatoms. The van der Waals surface area contributed by atoms with Gasteiger partial charge in [0, 0.05) is 18.7 Å². The number of hydrogen-bond donors (Lipinski definition) is 1. The maximum Gasteiger partial charge on any atom is 0.220 e. The molecular weight excluding hydrogens is 218 g/mol. The van der Waals surface area contributed by atoms with E-state index in [0.717, 1.165) is 18.7 Å². The van der Waals surface area contributed by atoms with Gasteiger partial charge in [-0.2, -0.15) is 11.8 Å². The number of carbonyl (C=O) groups excluding carboxylic acids is 1. The summed E-state index contributed by atoms with van der Waals surface area (Å²) < 4.78 is 0. The molecule has 16 heavy (non-hydrogen) atoms. The van der Waals surface area contributed by atoms with E-state index in [1.54, 1.807) is 0 Å². The smallest absolute Gasteiger partial charge is 0.220 e. The lowest BCUT2D eigenvalue weighted by molar-refractivity contribution is -0.120. The minimum absolute atomic E-state index is 0.195. The van der Waals surface area contributed by atoms with E-state index < -0.39 is 0 Å². The van der Waals surface area contributed by atoms with Crippen LogP contribution >= 0.6 is 11.8 Å². The third-order valence-electron chi connectivity index (χ3n) is 1.39. The first-order valence-corrected chi connectivity index (χ1v) is 7.81. The molecule has 0 aliphatic rings. The van der Waals surface area contributed by atoms with Crippen LogP contribution in [0.1, 0.15) is 60.8 Å². The summed E-state index contributed by atoms with van der Waals surface area (Å²) in [5.74, 6) is 2.32. The van der Waals surface area contributed by atoms with Crippen molar-refractivity contribution in [3.05, 3.63) is 0 Å². The predicted octanol–water partition coefficient (Wildman–Crippen LogP) is 4.10. The van der Waals surface area contributed by atoms with E-state index in [2.05, 4.69) is 19.2 Å². The van der Waals surface area contributed by atoms with Gasteiger partial charge in [0.2, 0.25) is 5.91 Å². The van der Waals surface area contributed by atoms with Crippen LogP contribution in [-0.2, 0) is 4.79 Å². The Morgan fingerprint density at radius 3 is 2.00 bits per heavy atom. The van der Waals surface area contributed by atoms with Crippen molar-refractivity contribution in [1.82, 2.24) is 5.32 Å². The van der Waals surface area contributed by atoms with Crippen molar-refractivity contribution in [1.29, 1.82) is 0 Å². The van der Waals surface area contributed by atoms with Crippen LogP contribution in [-0.4, -0.2) is 24.0 Å². The summed E-state index contributed by atoms with van der Waals surface area (Å²) in [5.41, 5.74) is 0. The molecule has 0 aliphatic heterocycles. The van der Waals surface area contributed by atoms with E-state index in [1.807, 2.05) is 39.5 Å². The van der Waals surface area contributed by atoms with Gasteiger partial charge in [0.25, 0.3) is 0 Å². The van der Waals surface area contributed by atoms with Gasteiger partial charge in [0.15, 0.2) is 0 Å². The van der Waals surface area contributed by atoms with Crippen LogP contribution in [0.5, 0.6) is 0 Å². The second-order valence-corrected chi connectivity index (χ2v) is 3.94. The summed E-state index contributed by atoms with van der Waals surface area (Å²) in [6, 6.07) is 0. The summed E-state index contributed by atoms with van der Waals surface area (Å²) in [4.78, 5) is 11.0. The molecule has 0 heterocycles. The molecule has 0 unspecified atom stereocenters. The molecule has 0 bridgehead atoms. The molecule has 1 amide bonds. The molecule has 0 atom stereocenters. The fraction of sp³-hybridized carbons (Fsp3) is 0.923. The number of hydrogen-bond acceptors (Lipinski definition) is 2. The van der Waals surface area contributed by atoms with Crippen LogP contribution in [0.3, 0.4) is 0 Å². The number of nitrogens with one attached hydrogen (secondary N) is 1. The molecule has 0 aromatic carbocycles. The molecular formula is C13H31NOS. The quantitative estimate of drug-likeness (QED) is 0.688. The molecule has 0 fully saturated rings. The first-order valence-electron chi connectivity index (χ1n) is 6.65. The van der Waals surface area contributed by atoms with Gasteiger partial charge in [-0.05, 0) is 18.6 Å². The van der Waals surface area contributed by atoms with Gasteiger partial charge in [0.05, 0.1) is 0 Å². The van der Waals surface area contributed by atoms with Gasteiger partial charge in [0.1, 0.15) is 0 Å². The van der Waals surface area contributed by atoms with Gasteiger partial charge in [-0.15, -0.1) is 0 Å². The summed E-state index contributed by atoms with van der Waals surface area (Å²) >= 11 is 1.85. The summed E-state index contributed by atoms with van der Waals surface area (Å²) in [6.07, 6.45) is 2.89. The molecule has 0 spiro atoms. The van der Waals surface area contributed by atoms with Crippen molar-refractivity contribution in [2.75, 3.05) is 18.1 Å². The zero-order valence-electron chi connectivity index (χ0n) is 12.1. The standard InChI is InChI=1S/C9H19NOS.2C2H6/c1-3-6-10-9(11)5-8-12-7-4-2;2*1-2/h3-8H2,1-2H3,(H,10,11);2*1-2H3. The van der Waals surface area contributed by atoms with Crippen LogP contribution in [0.25, 0.3) is 0 Å². The molecule has 0 aromatic rings. The fourth-order valence-electron chi connectivity index (χ4n) is 0.764. The average Bonchev–Trinajstić information content (AvgIpc) is 2.37. The lowest BCUT2D eigenvalue weighted by Gasteiger charge is -2.02. The summed E-state index contributed by atoms with van der Waals surface area (Å²) in [5, 5.41) is 2.86. The molecule has 0 rings (SSSR count). The Hall–Kier alpha value is -0.180. The van der Waals surface area contributed by atoms with Crippen molar-refractivity contribution >= 4 is 17.7 Å². The molecule has 0 saturated carbocycles. The van der Waals surface area contributed by atoms with E-state index in [-0.39, 0.29) is 5.91 Å². The molecule has 1 N–H and O–H groups in total. The Morgan fingerprint density at radius 1 is 1.00 bits per heavy atom. The van der Waals surface area contributed by atoms with Crippen molar-refractivity contribution in [3.63, 3.8) is 0 Å². The Kier molecular flexibility index (Phi) is 31.9. The Bertz CT molecular complexity index is 119. The third kappa shape index (κ3) is 23.6. The van der Waals surface area contributed by atoms with E-state index in [4.69, 9.17) is 0 Å². The molecule has 2 nitrogen and oxygen atoms in total. The van der Waals surface area contributed by atoms with Gasteiger partial charge < -0.3 is 5.32 Å². The van der Waals surface area contributed by atoms with E-state index >= 15 is 0 Å². The zero-order chi connectivity index (χ0) is 13.2. The maximum absolute atomic E-state index is 11.0. The van der Waals surface area contributed by atoms with Crippen LogP contribution in [0.2, 0.25) is 0 Å². The number of carbonyl (C=O) groups is 1. The Morgan fingerprint density at radius 2 is 1.56 bits per heavy atom. The highest BCUT2D eigenvalue weighted by Crippen LogP contribution is 2.03. The number of rotatable bonds is 7. The average molecular weight is 249 g/mol. The minimum atomic E-state index is 0.195. The normalized spacial score (nSPS) is 8.12. The third-order valence-corrected chi connectivity index (χ3v) is 2.58. The predicted molar refractivity (Wildman–Crippen MR) is 78.2 cm³/mol. The van der Waals surface area contributed by atoms with Gasteiger partial charge in [-0.3, -0.25) is 4.79 Å². The maximum atomic E-state index is 11.0. The van der Waals surface area contributed by atoms with Crippen molar-refractivity contribution in [2.45, 2.75) is 60.8 Å². The largest absolute Gasteiger partial charge is 0.356 e. The zero-order valence-corrected chi connectivity index (χ0v) is 12.9. The van der Waals surface area contributed by atoms with Gasteiger partial charge in [-0.25, -0.2) is 0 Å². The van der Waals surface area contributed by atoms with Crippen LogP contribution in [0.15, 0.2) is 0 Å². The van der Waals surface area contributed by atoms with Crippen LogP contribution in [0, 0.1) is 0 Å². The summed E-state index contributed by atoms with van der Waals surface area (Å²) in [6.45, 7) is 13.0. The van der Waals surface area contributed by atoms with Crippen molar-refractivity contribution in [3.8, 4) is 0 Å². The highest BCUT2D eigenvalue weighted by atomic mass is 32.2. The van der Waals surface area contributed by atoms with E-state index in [9.17, 15) is 4.79 Å². The molecule has 100 valence electrons. The van der Waals surface area contributed by atoms with Gasteiger partial charge >= 0.3 is 0 Å². The van der Waals surface area contributed by atoms with Crippen molar-refractivity contribution in [2.24, 2.45) is 0 Å². The molecule has 0 saturated heterocycles. The lowest BCUT2D eigenvalue weighted by atomic mass is 10.4. The van der Waals surface area contributed by atoms with Crippen molar-refractivity contribution < 1.29 is 4.79 Å². The summed E-state index contributed by atoms with van der Waals surface area (Å²) in [7, 11) is 0. The Labute approximate surface area is 107 Å². The molecule has 0 radical (unpaired) electrons. The van der Waals surface area contributed by atoms with Gasteiger partial charge in [-0.1, -0.05) is 41.5 Å². The molecule has 0 aliphatic carbocycles. The molecule has 0 aromatic heterocycles. The lowest BCUT2D eigenvalue weighted by Crippen LogP contribution is -2.24. The number of thioether (sulfide) groups is 1. The monoisotopic (exact) mass is 249 g/mol. The second kappa shape index (κ2) is 24.2. The topological polar surface area (TPSA) is 29.1 Å². The first-order chi connectivity index (χ1) is 7.81. The number of amides is 1. The SMILES string of the molecule is CC.CC.CCCNC(=O)CCSCCC. The van der Waals surface area contributed by atoms with E-state index in [0.29, 0.717) is 6.42 Å². The highest BCUT2D eigenvalue weighted by molar-refractivity contribution is 7.99. The highest BCUT2D eigenvalue weighted by Gasteiger charge is 1.98. The fourth-order valence-corrected chi connectivity index (χ4v) is 1.59. The van der Waals surface area contributed by atoms with E-state index in [1.165, 1.54) is 12.2 Å². The minimum Gasteiger partial charge on any atom is -0.356 e. The second-order valence-electron chi connectivity index (χ2n) is 2.71. The Balaban J connectivity index is -0.000000376. The van der Waals surface area contributed by atoms with Crippen LogP contribution < -0.4 is 5.32 Å².